The predicted molar refractivity (Wildman–Crippen MR) is 106 cm³/mol. The van der Waals surface area contributed by atoms with Crippen LogP contribution >= 0.6 is 0 Å². The third-order valence-corrected chi connectivity index (χ3v) is 5.67. The smallest absolute Gasteiger partial charge is 0.338 e. The fourth-order valence-electron chi connectivity index (χ4n) is 2.56. The number of aryl methyl sites for hydroxylation is 1. The van der Waals surface area contributed by atoms with Crippen LogP contribution < -0.4 is 14.8 Å². The number of methoxy groups -OCH3 is 1. The van der Waals surface area contributed by atoms with Gasteiger partial charge in [-0.2, -0.15) is 0 Å². The Morgan fingerprint density at radius 3 is 2.41 bits per heavy atom. The van der Waals surface area contributed by atoms with Gasteiger partial charge in [-0.25, -0.2) is 13.2 Å². The maximum absolute atomic E-state index is 12.8. The quantitative estimate of drug-likeness (QED) is 0.636. The Hall–Kier alpha value is -3.07. The number of sulfonamides is 1. The Bertz CT molecular complexity index is 1010. The molecule has 9 heteroatoms. The molecule has 8 nitrogen and oxygen atoms in total. The Kier molecular flexibility index (Phi) is 6.07. The first-order valence-corrected chi connectivity index (χ1v) is 10.5. The number of carbonyl (C=O) groups is 2. The van der Waals surface area contributed by atoms with Crippen LogP contribution in [0, 0.1) is 6.92 Å². The third kappa shape index (κ3) is 5.47. The van der Waals surface area contributed by atoms with E-state index >= 15 is 0 Å². The second-order valence-electron chi connectivity index (χ2n) is 6.76. The maximum atomic E-state index is 12.8. The Balaban J connectivity index is 1.77. The topological polar surface area (TPSA) is 111 Å². The molecule has 0 spiro atoms. The molecule has 0 atom stereocenters. The number of benzene rings is 2. The van der Waals surface area contributed by atoms with Gasteiger partial charge in [0, 0.05) is 11.7 Å². The Morgan fingerprint density at radius 2 is 1.79 bits per heavy atom. The number of nitrogens with one attached hydrogen (secondary N) is 2. The van der Waals surface area contributed by atoms with E-state index in [-0.39, 0.29) is 28.2 Å². The molecule has 1 aliphatic rings. The highest BCUT2D eigenvalue weighted by Gasteiger charge is 2.25. The van der Waals surface area contributed by atoms with Crippen LogP contribution in [0.15, 0.2) is 47.4 Å². The number of hydrogen-bond donors (Lipinski definition) is 2. The lowest BCUT2D eigenvalue weighted by Crippen LogP contribution is -2.30. The molecule has 0 unspecified atom stereocenters. The number of hydrogen-bond acceptors (Lipinski definition) is 6. The molecule has 1 saturated carbocycles. The monoisotopic (exact) mass is 418 g/mol. The molecule has 2 N–H and O–H groups in total. The Morgan fingerprint density at radius 1 is 1.10 bits per heavy atom. The lowest BCUT2D eigenvalue weighted by molar-refractivity contribution is -0.124. The van der Waals surface area contributed by atoms with Gasteiger partial charge in [-0.05, 0) is 50.1 Å². The number of ether oxygens (including phenoxy) is 2. The molecule has 2 aromatic rings. The first-order valence-electron chi connectivity index (χ1n) is 9.02. The third-order valence-electron chi connectivity index (χ3n) is 4.27. The molecule has 0 saturated heterocycles. The fourth-order valence-corrected chi connectivity index (χ4v) is 3.81. The minimum Gasteiger partial charge on any atom is -0.495 e. The van der Waals surface area contributed by atoms with Crippen molar-refractivity contribution in [2.24, 2.45) is 0 Å². The molecule has 154 valence electrons. The largest absolute Gasteiger partial charge is 0.495 e. The number of esters is 1. The van der Waals surface area contributed by atoms with Gasteiger partial charge in [0.1, 0.15) is 10.6 Å². The molecule has 29 heavy (non-hydrogen) atoms. The number of anilines is 1. The van der Waals surface area contributed by atoms with E-state index in [1.807, 2.05) is 6.92 Å². The number of carbonyl (C=O) groups excluding carboxylic acids is 2. The first kappa shape index (κ1) is 20.7. The van der Waals surface area contributed by atoms with E-state index in [1.54, 1.807) is 24.3 Å². The highest BCUT2D eigenvalue weighted by atomic mass is 32.2. The zero-order chi connectivity index (χ0) is 21.0. The standard InChI is InChI=1S/C20H22N2O6S/c1-13-3-6-16(7-4-13)22-29(25,26)18-11-14(5-10-17(18)27-2)20(24)28-12-19(23)21-15-8-9-15/h3-7,10-11,15,22H,8-9,12H2,1-2H3,(H,21,23). The summed E-state index contributed by atoms with van der Waals surface area (Å²) in [6, 6.07) is 10.9. The van der Waals surface area contributed by atoms with Crippen molar-refractivity contribution in [3.63, 3.8) is 0 Å². The average Bonchev–Trinajstić information content (AvgIpc) is 3.51. The molecule has 1 amide bonds. The van der Waals surface area contributed by atoms with Crippen LogP contribution in [0.1, 0.15) is 28.8 Å². The molecule has 0 bridgehead atoms. The van der Waals surface area contributed by atoms with Gasteiger partial charge >= 0.3 is 5.97 Å². The maximum Gasteiger partial charge on any atom is 0.338 e. The molecule has 0 heterocycles. The van der Waals surface area contributed by atoms with Crippen molar-refractivity contribution >= 4 is 27.6 Å². The van der Waals surface area contributed by atoms with Crippen molar-refractivity contribution in [2.75, 3.05) is 18.4 Å². The van der Waals surface area contributed by atoms with E-state index in [0.29, 0.717) is 5.69 Å². The van der Waals surface area contributed by atoms with Crippen LogP contribution in [0.3, 0.4) is 0 Å². The van der Waals surface area contributed by atoms with Crippen molar-refractivity contribution in [3.8, 4) is 5.75 Å². The van der Waals surface area contributed by atoms with Gasteiger partial charge < -0.3 is 14.8 Å². The minimum absolute atomic E-state index is 0.00527. The molecule has 3 rings (SSSR count). The zero-order valence-electron chi connectivity index (χ0n) is 16.1. The predicted octanol–water partition coefficient (Wildman–Crippen LogP) is 2.24. The lowest BCUT2D eigenvalue weighted by atomic mass is 10.2. The van der Waals surface area contributed by atoms with Gasteiger partial charge in [-0.15, -0.1) is 0 Å². The van der Waals surface area contributed by atoms with Crippen LogP contribution in [0.4, 0.5) is 5.69 Å². The molecule has 0 aromatic heterocycles. The van der Waals surface area contributed by atoms with Gasteiger partial charge in [0.15, 0.2) is 6.61 Å². The first-order chi connectivity index (χ1) is 13.8. The van der Waals surface area contributed by atoms with Gasteiger partial charge in [-0.3, -0.25) is 9.52 Å². The van der Waals surface area contributed by atoms with Crippen molar-refractivity contribution in [2.45, 2.75) is 30.7 Å². The van der Waals surface area contributed by atoms with Crippen molar-refractivity contribution in [1.29, 1.82) is 0 Å². The SMILES string of the molecule is COc1ccc(C(=O)OCC(=O)NC2CC2)cc1S(=O)(=O)Nc1ccc(C)cc1. The van der Waals surface area contributed by atoms with E-state index in [0.717, 1.165) is 24.5 Å². The summed E-state index contributed by atoms with van der Waals surface area (Å²) >= 11 is 0. The minimum atomic E-state index is -4.03. The van der Waals surface area contributed by atoms with E-state index < -0.39 is 22.6 Å². The van der Waals surface area contributed by atoms with Gasteiger partial charge in [0.05, 0.1) is 12.7 Å². The highest BCUT2D eigenvalue weighted by Crippen LogP contribution is 2.27. The van der Waals surface area contributed by atoms with Crippen LogP contribution in [0.5, 0.6) is 5.75 Å². The molecule has 0 aliphatic heterocycles. The molecule has 1 fully saturated rings. The number of rotatable bonds is 8. The lowest BCUT2D eigenvalue weighted by Gasteiger charge is -2.13. The summed E-state index contributed by atoms with van der Waals surface area (Å²) in [6.07, 6.45) is 1.85. The summed E-state index contributed by atoms with van der Waals surface area (Å²) < 4.78 is 38.2. The molecular weight excluding hydrogens is 396 g/mol. The Labute approximate surface area is 169 Å². The zero-order valence-corrected chi connectivity index (χ0v) is 16.9. The summed E-state index contributed by atoms with van der Waals surface area (Å²) in [5.74, 6) is -1.11. The van der Waals surface area contributed by atoms with Gasteiger partial charge in [0.2, 0.25) is 0 Å². The second-order valence-corrected chi connectivity index (χ2v) is 8.41. The highest BCUT2D eigenvalue weighted by molar-refractivity contribution is 7.92. The van der Waals surface area contributed by atoms with Crippen molar-refractivity contribution in [3.05, 3.63) is 53.6 Å². The summed E-state index contributed by atoms with van der Waals surface area (Å²) in [5.41, 5.74) is 1.36. The van der Waals surface area contributed by atoms with Crippen LogP contribution in [0.2, 0.25) is 0 Å². The molecule has 2 aromatic carbocycles. The van der Waals surface area contributed by atoms with Crippen molar-refractivity contribution < 1.29 is 27.5 Å². The molecule has 0 radical (unpaired) electrons. The van der Waals surface area contributed by atoms with Gasteiger partial charge in [0.25, 0.3) is 15.9 Å². The van der Waals surface area contributed by atoms with E-state index in [2.05, 4.69) is 10.0 Å². The summed E-state index contributed by atoms with van der Waals surface area (Å²) in [5, 5.41) is 2.70. The van der Waals surface area contributed by atoms with E-state index in [4.69, 9.17) is 9.47 Å². The van der Waals surface area contributed by atoms with Crippen LogP contribution in [-0.2, 0) is 19.6 Å². The summed E-state index contributed by atoms with van der Waals surface area (Å²) in [4.78, 5) is 23.7. The van der Waals surface area contributed by atoms with Crippen molar-refractivity contribution in [1.82, 2.24) is 5.32 Å². The molecular formula is C20H22N2O6S. The summed E-state index contributed by atoms with van der Waals surface area (Å²) in [7, 11) is -2.69. The van der Waals surface area contributed by atoms with Crippen LogP contribution in [-0.4, -0.2) is 40.1 Å². The van der Waals surface area contributed by atoms with Gasteiger partial charge in [-0.1, -0.05) is 17.7 Å². The summed E-state index contributed by atoms with van der Waals surface area (Å²) in [6.45, 7) is 1.46. The average molecular weight is 418 g/mol. The van der Waals surface area contributed by atoms with E-state index in [9.17, 15) is 18.0 Å². The van der Waals surface area contributed by atoms with E-state index in [1.165, 1.54) is 19.2 Å². The fraction of sp³-hybridized carbons (Fsp3) is 0.300. The van der Waals surface area contributed by atoms with Crippen LogP contribution in [0.25, 0.3) is 0 Å². The number of amides is 1. The normalized spacial score (nSPS) is 13.4. The molecule has 1 aliphatic carbocycles. The second kappa shape index (κ2) is 8.52.